The van der Waals surface area contributed by atoms with Gasteiger partial charge in [-0.05, 0) is 0 Å². The molecule has 0 rings (SSSR count). The summed E-state index contributed by atoms with van der Waals surface area (Å²) in [4.78, 5) is 0. The third kappa shape index (κ3) is 4.13. The van der Waals surface area contributed by atoms with Crippen LogP contribution in [0.4, 0.5) is 0 Å². The molecule has 0 aromatic heterocycles. The van der Waals surface area contributed by atoms with Crippen molar-refractivity contribution in [3.05, 3.63) is 0 Å². The van der Waals surface area contributed by atoms with E-state index in [0.29, 0.717) is 0 Å². The van der Waals surface area contributed by atoms with Gasteiger partial charge in [0.2, 0.25) is 0 Å². The van der Waals surface area contributed by atoms with Crippen molar-refractivity contribution in [2.75, 3.05) is 0 Å². The van der Waals surface area contributed by atoms with Gasteiger partial charge >= 0.3 is 88.3 Å². The van der Waals surface area contributed by atoms with Crippen LogP contribution in [0.25, 0.3) is 0 Å². The summed E-state index contributed by atoms with van der Waals surface area (Å²) >= 11 is 26.5. The van der Waals surface area contributed by atoms with E-state index in [0.717, 1.165) is 0 Å². The summed E-state index contributed by atoms with van der Waals surface area (Å²) in [6, 6.07) is 0. The first-order valence-corrected chi connectivity index (χ1v) is 16.2. The molecule has 0 fully saturated rings. The van der Waals surface area contributed by atoms with Crippen LogP contribution in [0.15, 0.2) is 0 Å². The summed E-state index contributed by atoms with van der Waals surface area (Å²) in [5.41, 5.74) is 0. The van der Waals surface area contributed by atoms with Crippen LogP contribution in [-0.2, 0) is 0 Å². The van der Waals surface area contributed by atoms with E-state index >= 15 is 0 Å². The quantitative estimate of drug-likeness (QED) is 0.480. The van der Waals surface area contributed by atoms with Gasteiger partial charge in [0.05, 0.1) is 0 Å². The van der Waals surface area contributed by atoms with Crippen LogP contribution in [0.1, 0.15) is 0 Å². The Morgan fingerprint density at radius 1 is 0.875 bits per heavy atom. The van der Waals surface area contributed by atoms with Crippen molar-refractivity contribution in [3.8, 4) is 0 Å². The second-order valence-electron chi connectivity index (χ2n) is 0.996. The molecule has 0 radical (unpaired) electrons. The summed E-state index contributed by atoms with van der Waals surface area (Å²) in [6.45, 7) is 0. The Balaban J connectivity index is 4.02. The van der Waals surface area contributed by atoms with Gasteiger partial charge in [0.25, 0.3) is 0 Å². The molecule has 0 saturated heterocycles. The first-order chi connectivity index (χ1) is 3.25. The van der Waals surface area contributed by atoms with E-state index in [1.165, 1.54) is 0 Å². The summed E-state index contributed by atoms with van der Waals surface area (Å²) in [5, 5.41) is -2.55. The van der Waals surface area contributed by atoms with E-state index in [1.807, 2.05) is 0 Å². The van der Waals surface area contributed by atoms with Gasteiger partial charge in [0, 0.05) is 0 Å². The Bertz CT molecular complexity index is 67.5. The van der Waals surface area contributed by atoms with E-state index < -0.39 is 8.07 Å². The van der Waals surface area contributed by atoms with Crippen LogP contribution in [0.5, 0.6) is 0 Å². The molecule has 0 atom stereocenters. The fraction of sp³-hybridized carbons (Fsp3) is 0. The molecule has 0 nitrogen and oxygen atoms in total. The third-order valence-corrected chi connectivity index (χ3v) is 45.1. The molecule has 0 bridgehead atoms. The molecule has 0 spiro atoms. The zero-order chi connectivity index (χ0) is 7.00. The molecular weight excluding hydrogens is 408 g/mol. The molecular formula is H2Br3Cl3P2. The van der Waals surface area contributed by atoms with Gasteiger partial charge in [-0.25, -0.2) is 0 Å². The monoisotopic (exact) mass is 406 g/mol. The predicted octanol–water partition coefficient (Wildman–Crippen LogP) is 5.79. The number of hydrogen-bond donors (Lipinski definition) is 0. The minimum atomic E-state index is -2.55. The van der Waals surface area contributed by atoms with Crippen molar-refractivity contribution in [1.82, 2.24) is 0 Å². The Kier molecular flexibility index (Phi) is 5.19. The summed E-state index contributed by atoms with van der Waals surface area (Å²) in [7, 11) is 0. The van der Waals surface area contributed by atoms with Crippen LogP contribution < -0.4 is 0 Å². The molecule has 0 N–H and O–H groups in total. The van der Waals surface area contributed by atoms with E-state index in [1.54, 1.807) is 0 Å². The van der Waals surface area contributed by atoms with Crippen LogP contribution in [0.3, 0.4) is 0 Å². The molecule has 0 heterocycles. The average Bonchev–Trinajstić information content (AvgIpc) is 1.25. The van der Waals surface area contributed by atoms with Gasteiger partial charge in [-0.1, -0.05) is 0 Å². The van der Waals surface area contributed by atoms with Crippen LogP contribution >= 0.6 is 88.3 Å². The normalized spacial score (nSPS) is 18.2. The molecule has 0 unspecified atom stereocenters. The first kappa shape index (κ1) is 11.2. The molecule has 0 aliphatic carbocycles. The molecule has 54 valence electrons. The summed E-state index contributed by atoms with van der Waals surface area (Å²) < 4.78 is -1.99. The van der Waals surface area contributed by atoms with E-state index in [-0.39, 0.29) is 0 Å². The zero-order valence-corrected chi connectivity index (χ0v) is 12.3. The van der Waals surface area contributed by atoms with Gasteiger partial charge in [0.1, 0.15) is 0 Å². The van der Waals surface area contributed by atoms with Gasteiger partial charge in [-0.3, -0.25) is 0 Å². The Labute approximate surface area is 87.2 Å². The fourth-order valence-electron chi connectivity index (χ4n) is 0. The van der Waals surface area contributed by atoms with Gasteiger partial charge in [-0.2, -0.15) is 0 Å². The summed E-state index contributed by atoms with van der Waals surface area (Å²) in [5.74, 6) is 0. The van der Waals surface area contributed by atoms with Gasteiger partial charge in [-0.15, -0.1) is 0 Å². The number of rotatable bonds is 1. The molecule has 0 aliphatic rings. The molecule has 0 aromatic carbocycles. The Morgan fingerprint density at radius 3 is 1.00 bits per heavy atom. The van der Waals surface area contributed by atoms with Gasteiger partial charge < -0.3 is 0 Å². The Hall–Kier alpha value is 3.17. The number of halogens is 6. The van der Waals surface area contributed by atoms with Crippen molar-refractivity contribution < 1.29 is 0 Å². The van der Waals surface area contributed by atoms with E-state index in [9.17, 15) is 0 Å². The molecule has 0 amide bonds. The SMILES string of the molecule is Cl[PH](Cl)(Cl)[PH](Br)(Br)Br. The molecule has 0 aromatic rings. The fourth-order valence-corrected chi connectivity index (χ4v) is 0. The first-order valence-electron chi connectivity index (χ1n) is 1.38. The standard InChI is InChI=1S/Br3Cl3H2P2/c1-7(2,3)8(4,5)6/h7-8H. The maximum atomic E-state index is 5.60. The van der Waals surface area contributed by atoms with E-state index in [4.69, 9.17) is 33.7 Å². The summed E-state index contributed by atoms with van der Waals surface area (Å²) in [6.07, 6.45) is 0. The zero-order valence-electron chi connectivity index (χ0n) is 3.27. The number of hydrogen-bond acceptors (Lipinski definition) is 0. The second-order valence-corrected chi connectivity index (χ2v) is 44.1. The van der Waals surface area contributed by atoms with Crippen molar-refractivity contribution in [2.45, 2.75) is 0 Å². The molecule has 8 heavy (non-hydrogen) atoms. The van der Waals surface area contributed by atoms with Gasteiger partial charge in [0.15, 0.2) is 0 Å². The average molecular weight is 410 g/mol. The third-order valence-electron chi connectivity index (χ3n) is 0.321. The van der Waals surface area contributed by atoms with Crippen molar-refractivity contribution in [2.24, 2.45) is 0 Å². The molecule has 0 aliphatic heterocycles. The van der Waals surface area contributed by atoms with Crippen molar-refractivity contribution in [1.29, 1.82) is 0 Å². The molecule has 0 saturated carbocycles. The van der Waals surface area contributed by atoms with Crippen LogP contribution in [0.2, 0.25) is 0 Å². The molecule has 8 heteroatoms. The Morgan fingerprint density at radius 2 is 1.00 bits per heavy atom. The second kappa shape index (κ2) is 3.72. The predicted molar refractivity (Wildman–Crippen MR) is 61.0 cm³/mol. The van der Waals surface area contributed by atoms with Crippen LogP contribution in [0, 0.1) is 0 Å². The topological polar surface area (TPSA) is 0 Å². The van der Waals surface area contributed by atoms with Crippen molar-refractivity contribution >= 4 is 88.3 Å². The van der Waals surface area contributed by atoms with E-state index in [2.05, 4.69) is 46.5 Å². The van der Waals surface area contributed by atoms with Crippen LogP contribution in [-0.4, -0.2) is 0 Å². The van der Waals surface area contributed by atoms with Crippen molar-refractivity contribution in [3.63, 3.8) is 0 Å². The minimum absolute atomic E-state index is 1.99. The maximum absolute atomic E-state index is 5.60.